The summed E-state index contributed by atoms with van der Waals surface area (Å²) in [4.78, 5) is 22.0. The predicted octanol–water partition coefficient (Wildman–Crippen LogP) is 4.12. The number of likely N-dealkylation sites (tertiary alicyclic amines) is 1. The van der Waals surface area contributed by atoms with Crippen molar-refractivity contribution in [1.82, 2.24) is 15.2 Å². The molecule has 0 atom stereocenters. The quantitative estimate of drug-likeness (QED) is 0.534. The van der Waals surface area contributed by atoms with Crippen LogP contribution < -0.4 is 15.5 Å². The molecule has 2 N–H and O–H groups in total. The number of amides is 1. The third kappa shape index (κ3) is 5.94. The molecule has 0 aliphatic carbocycles. The van der Waals surface area contributed by atoms with Gasteiger partial charge >= 0.3 is 0 Å². The van der Waals surface area contributed by atoms with Gasteiger partial charge in [0.05, 0.1) is 13.2 Å². The number of morpholine rings is 1. The third-order valence-electron chi connectivity index (χ3n) is 6.40. The first-order chi connectivity index (χ1) is 16.7. The minimum Gasteiger partial charge on any atom is -0.378 e. The highest BCUT2D eigenvalue weighted by atomic mass is 32.1. The van der Waals surface area contributed by atoms with Gasteiger partial charge in [0, 0.05) is 55.5 Å². The van der Waals surface area contributed by atoms with Gasteiger partial charge in [-0.25, -0.2) is 4.98 Å². The van der Waals surface area contributed by atoms with Crippen LogP contribution in [0.5, 0.6) is 0 Å². The molecule has 2 saturated heterocycles. The number of anilines is 3. The lowest BCUT2D eigenvalue weighted by Crippen LogP contribution is -2.44. The van der Waals surface area contributed by atoms with Crippen molar-refractivity contribution in [3.8, 4) is 0 Å². The molecule has 2 aromatic carbocycles. The van der Waals surface area contributed by atoms with E-state index in [1.54, 1.807) is 0 Å². The lowest BCUT2D eigenvalue weighted by Gasteiger charge is -2.32. The van der Waals surface area contributed by atoms with E-state index in [2.05, 4.69) is 73.9 Å². The van der Waals surface area contributed by atoms with Gasteiger partial charge in [-0.05, 0) is 42.7 Å². The van der Waals surface area contributed by atoms with Crippen LogP contribution in [0, 0.1) is 0 Å². The van der Waals surface area contributed by atoms with Crippen molar-refractivity contribution in [1.29, 1.82) is 0 Å². The van der Waals surface area contributed by atoms with E-state index in [-0.39, 0.29) is 11.9 Å². The number of hydrogen-bond donors (Lipinski definition) is 2. The second kappa shape index (κ2) is 11.0. The van der Waals surface area contributed by atoms with Crippen molar-refractivity contribution >= 4 is 33.8 Å². The van der Waals surface area contributed by atoms with Gasteiger partial charge in [-0.1, -0.05) is 30.3 Å². The molecule has 34 heavy (non-hydrogen) atoms. The van der Waals surface area contributed by atoms with Gasteiger partial charge in [0.25, 0.3) is 5.91 Å². The maximum absolute atomic E-state index is 12.7. The minimum atomic E-state index is -0.0894. The maximum atomic E-state index is 12.7. The summed E-state index contributed by atoms with van der Waals surface area (Å²) in [5, 5.41) is 9.04. The van der Waals surface area contributed by atoms with E-state index >= 15 is 0 Å². The van der Waals surface area contributed by atoms with Crippen LogP contribution in [0.2, 0.25) is 0 Å². The van der Waals surface area contributed by atoms with Crippen LogP contribution in [0.25, 0.3) is 0 Å². The molecule has 0 radical (unpaired) electrons. The number of piperidine rings is 1. The highest BCUT2D eigenvalue weighted by Gasteiger charge is 2.22. The molecule has 2 aliphatic rings. The molecule has 2 aliphatic heterocycles. The van der Waals surface area contributed by atoms with E-state index in [0.717, 1.165) is 69.6 Å². The Morgan fingerprint density at radius 2 is 1.74 bits per heavy atom. The standard InChI is InChI=1S/C26H31N5O2S/c32-25(27-22-10-12-30(13-11-22)18-20-4-2-1-3-5-20)24-19-34-26(29-24)28-21-6-8-23(9-7-21)31-14-16-33-17-15-31/h1-9,19,22H,10-18H2,(H,27,32)(H,28,29). The fraction of sp³-hybridized carbons (Fsp3) is 0.385. The number of carbonyl (C=O) groups is 1. The highest BCUT2D eigenvalue weighted by molar-refractivity contribution is 7.14. The Hall–Kier alpha value is -2.94. The summed E-state index contributed by atoms with van der Waals surface area (Å²) in [5.41, 5.74) is 3.97. The summed E-state index contributed by atoms with van der Waals surface area (Å²) in [6.45, 7) is 6.34. The van der Waals surface area contributed by atoms with Crippen LogP contribution in [0.1, 0.15) is 28.9 Å². The van der Waals surface area contributed by atoms with Crippen LogP contribution in [0.4, 0.5) is 16.5 Å². The first kappa shape index (κ1) is 22.8. The average molecular weight is 478 g/mol. The zero-order valence-corrected chi connectivity index (χ0v) is 20.1. The number of nitrogens with one attached hydrogen (secondary N) is 2. The zero-order chi connectivity index (χ0) is 23.2. The molecule has 7 nitrogen and oxygen atoms in total. The number of carbonyl (C=O) groups excluding carboxylic acids is 1. The number of rotatable bonds is 7. The molecule has 3 aromatic rings. The Kier molecular flexibility index (Phi) is 7.38. The largest absolute Gasteiger partial charge is 0.378 e. The van der Waals surface area contributed by atoms with Gasteiger partial charge in [-0.15, -0.1) is 11.3 Å². The van der Waals surface area contributed by atoms with Crippen LogP contribution in [0.15, 0.2) is 60.0 Å². The summed E-state index contributed by atoms with van der Waals surface area (Å²) in [5.74, 6) is -0.0894. The van der Waals surface area contributed by atoms with E-state index < -0.39 is 0 Å². The minimum absolute atomic E-state index is 0.0894. The second-order valence-corrected chi connectivity index (χ2v) is 9.68. The Labute approximate surface area is 204 Å². The molecule has 3 heterocycles. The SMILES string of the molecule is O=C(NC1CCN(Cc2ccccc2)CC1)c1csc(Nc2ccc(N3CCOCC3)cc2)n1. The monoisotopic (exact) mass is 477 g/mol. The number of aromatic nitrogens is 1. The number of hydrogen-bond acceptors (Lipinski definition) is 7. The lowest BCUT2D eigenvalue weighted by atomic mass is 10.0. The van der Waals surface area contributed by atoms with E-state index in [9.17, 15) is 4.79 Å². The Morgan fingerprint density at radius 1 is 1.00 bits per heavy atom. The first-order valence-electron chi connectivity index (χ1n) is 12.0. The van der Waals surface area contributed by atoms with Crippen LogP contribution in [0.3, 0.4) is 0 Å². The number of ether oxygens (including phenoxy) is 1. The first-order valence-corrected chi connectivity index (χ1v) is 12.8. The van der Waals surface area contributed by atoms with Crippen LogP contribution in [-0.2, 0) is 11.3 Å². The van der Waals surface area contributed by atoms with E-state index in [1.165, 1.54) is 22.6 Å². The third-order valence-corrected chi connectivity index (χ3v) is 7.16. The molecular weight excluding hydrogens is 446 g/mol. The number of nitrogens with zero attached hydrogens (tertiary/aromatic N) is 3. The molecule has 1 amide bonds. The Morgan fingerprint density at radius 3 is 2.47 bits per heavy atom. The summed E-state index contributed by atoms with van der Waals surface area (Å²) in [6.07, 6.45) is 1.92. The van der Waals surface area contributed by atoms with Crippen molar-refractivity contribution in [2.75, 3.05) is 49.6 Å². The second-order valence-electron chi connectivity index (χ2n) is 8.82. The fourth-order valence-corrected chi connectivity index (χ4v) is 5.18. The van der Waals surface area contributed by atoms with E-state index in [4.69, 9.17) is 4.74 Å². The summed E-state index contributed by atoms with van der Waals surface area (Å²) in [7, 11) is 0. The van der Waals surface area contributed by atoms with Crippen molar-refractivity contribution in [3.05, 3.63) is 71.2 Å². The van der Waals surface area contributed by atoms with Gasteiger partial charge in [0.1, 0.15) is 5.69 Å². The fourth-order valence-electron chi connectivity index (χ4n) is 4.47. The van der Waals surface area contributed by atoms with Gasteiger partial charge in [0.2, 0.25) is 0 Å². The summed E-state index contributed by atoms with van der Waals surface area (Å²) >= 11 is 1.45. The molecular formula is C26H31N5O2S. The van der Waals surface area contributed by atoms with E-state index in [0.29, 0.717) is 5.69 Å². The molecule has 0 bridgehead atoms. The Bertz CT molecular complexity index is 1060. The maximum Gasteiger partial charge on any atom is 0.271 e. The predicted molar refractivity (Wildman–Crippen MR) is 137 cm³/mol. The van der Waals surface area contributed by atoms with Gasteiger partial charge < -0.3 is 20.3 Å². The topological polar surface area (TPSA) is 69.7 Å². The van der Waals surface area contributed by atoms with E-state index in [1.807, 2.05) is 11.4 Å². The van der Waals surface area contributed by atoms with Gasteiger partial charge in [-0.2, -0.15) is 0 Å². The number of thiazole rings is 1. The lowest BCUT2D eigenvalue weighted by molar-refractivity contribution is 0.0904. The van der Waals surface area contributed by atoms with Crippen LogP contribution >= 0.6 is 11.3 Å². The average Bonchev–Trinajstić information content (AvgIpc) is 3.36. The molecule has 5 rings (SSSR count). The molecule has 2 fully saturated rings. The molecule has 178 valence electrons. The van der Waals surface area contributed by atoms with Crippen molar-refractivity contribution in [2.24, 2.45) is 0 Å². The number of benzene rings is 2. The molecule has 0 unspecified atom stereocenters. The smallest absolute Gasteiger partial charge is 0.271 e. The Balaban J connectivity index is 1.09. The molecule has 0 saturated carbocycles. The van der Waals surface area contributed by atoms with Crippen molar-refractivity contribution < 1.29 is 9.53 Å². The molecule has 1 aromatic heterocycles. The summed E-state index contributed by atoms with van der Waals surface area (Å²) in [6, 6.07) is 19.1. The highest BCUT2D eigenvalue weighted by Crippen LogP contribution is 2.24. The zero-order valence-electron chi connectivity index (χ0n) is 19.3. The molecule has 0 spiro atoms. The normalized spacial score (nSPS) is 17.5. The van der Waals surface area contributed by atoms with Crippen LogP contribution in [-0.4, -0.2) is 61.2 Å². The summed E-state index contributed by atoms with van der Waals surface area (Å²) < 4.78 is 5.42. The molecule has 8 heteroatoms. The van der Waals surface area contributed by atoms with Crippen molar-refractivity contribution in [2.45, 2.75) is 25.4 Å². The van der Waals surface area contributed by atoms with Gasteiger partial charge in [-0.3, -0.25) is 9.69 Å². The van der Waals surface area contributed by atoms with Gasteiger partial charge in [0.15, 0.2) is 5.13 Å². The van der Waals surface area contributed by atoms with Crippen molar-refractivity contribution in [3.63, 3.8) is 0 Å².